The average molecular weight is 312 g/mol. The number of hydrogen-bond donors (Lipinski definition) is 3. The molecule has 0 aliphatic carbocycles. The van der Waals surface area contributed by atoms with Crippen molar-refractivity contribution in [1.29, 1.82) is 0 Å². The second-order valence-electron chi connectivity index (χ2n) is 5.86. The molecule has 0 saturated carbocycles. The van der Waals surface area contributed by atoms with Gasteiger partial charge in [0, 0.05) is 11.1 Å². The lowest BCUT2D eigenvalue weighted by Gasteiger charge is -2.10. The first-order valence-electron chi connectivity index (χ1n) is 7.30. The van der Waals surface area contributed by atoms with Crippen molar-refractivity contribution in [3.63, 3.8) is 0 Å². The Hall–Kier alpha value is -2.65. The SMILES string of the molecule is Cc1nc([C@@H](C)NC(=O)c2cccc(C#CC(C)(C)O)c2)n[nH]1. The largest absolute Gasteiger partial charge is 0.378 e. The minimum atomic E-state index is -1.07. The number of aliphatic hydroxyl groups is 1. The topological polar surface area (TPSA) is 90.9 Å². The fourth-order valence-corrected chi connectivity index (χ4v) is 1.86. The molecule has 120 valence electrons. The number of rotatable bonds is 3. The summed E-state index contributed by atoms with van der Waals surface area (Å²) in [6, 6.07) is 6.63. The molecule has 1 aromatic heterocycles. The van der Waals surface area contributed by atoms with Crippen LogP contribution in [0.3, 0.4) is 0 Å². The van der Waals surface area contributed by atoms with E-state index < -0.39 is 5.60 Å². The molecule has 0 bridgehead atoms. The van der Waals surface area contributed by atoms with Crippen LogP contribution in [0.15, 0.2) is 24.3 Å². The average Bonchev–Trinajstić information content (AvgIpc) is 2.91. The summed E-state index contributed by atoms with van der Waals surface area (Å²) in [7, 11) is 0. The van der Waals surface area contributed by atoms with Crippen LogP contribution in [0.4, 0.5) is 0 Å². The molecule has 0 radical (unpaired) electrons. The van der Waals surface area contributed by atoms with Gasteiger partial charge in [-0.25, -0.2) is 4.98 Å². The number of aromatic nitrogens is 3. The predicted octanol–water partition coefficient (Wildman–Crippen LogP) is 1.73. The number of nitrogens with one attached hydrogen (secondary N) is 2. The molecule has 6 nitrogen and oxygen atoms in total. The summed E-state index contributed by atoms with van der Waals surface area (Å²) in [5.41, 5.74) is 0.0869. The molecule has 1 amide bonds. The summed E-state index contributed by atoms with van der Waals surface area (Å²) >= 11 is 0. The number of carbonyl (C=O) groups is 1. The molecule has 23 heavy (non-hydrogen) atoms. The molecule has 0 fully saturated rings. The van der Waals surface area contributed by atoms with E-state index in [1.165, 1.54) is 0 Å². The second kappa shape index (κ2) is 6.63. The van der Waals surface area contributed by atoms with Crippen molar-refractivity contribution in [3.8, 4) is 11.8 Å². The molecular formula is C17H20N4O2. The third-order valence-electron chi connectivity index (χ3n) is 2.99. The van der Waals surface area contributed by atoms with Crippen LogP contribution >= 0.6 is 0 Å². The van der Waals surface area contributed by atoms with Crippen LogP contribution in [0.5, 0.6) is 0 Å². The van der Waals surface area contributed by atoms with E-state index in [-0.39, 0.29) is 11.9 Å². The molecule has 2 rings (SSSR count). The highest BCUT2D eigenvalue weighted by Crippen LogP contribution is 2.10. The van der Waals surface area contributed by atoms with Crippen molar-refractivity contribution in [2.45, 2.75) is 39.3 Å². The predicted molar refractivity (Wildman–Crippen MR) is 86.6 cm³/mol. The normalized spacial score (nSPS) is 12.2. The Labute approximate surface area is 135 Å². The molecular weight excluding hydrogens is 292 g/mol. The Morgan fingerprint density at radius 3 is 2.78 bits per heavy atom. The minimum Gasteiger partial charge on any atom is -0.378 e. The molecule has 0 saturated heterocycles. The second-order valence-corrected chi connectivity index (χ2v) is 5.86. The Morgan fingerprint density at radius 1 is 1.43 bits per heavy atom. The summed E-state index contributed by atoms with van der Waals surface area (Å²) in [6.07, 6.45) is 0. The van der Waals surface area contributed by atoms with Crippen molar-refractivity contribution in [1.82, 2.24) is 20.5 Å². The highest BCUT2D eigenvalue weighted by atomic mass is 16.3. The number of aromatic amines is 1. The number of nitrogens with zero attached hydrogens (tertiary/aromatic N) is 2. The van der Waals surface area contributed by atoms with Crippen LogP contribution in [0, 0.1) is 18.8 Å². The molecule has 3 N–H and O–H groups in total. The van der Waals surface area contributed by atoms with E-state index in [2.05, 4.69) is 32.3 Å². The monoisotopic (exact) mass is 312 g/mol. The van der Waals surface area contributed by atoms with Gasteiger partial charge in [0.2, 0.25) is 0 Å². The maximum absolute atomic E-state index is 12.3. The Balaban J connectivity index is 2.12. The van der Waals surface area contributed by atoms with E-state index in [1.54, 1.807) is 45.0 Å². The van der Waals surface area contributed by atoms with Gasteiger partial charge >= 0.3 is 0 Å². The lowest BCUT2D eigenvalue weighted by atomic mass is 10.1. The van der Waals surface area contributed by atoms with Crippen LogP contribution in [-0.4, -0.2) is 31.8 Å². The van der Waals surface area contributed by atoms with Gasteiger partial charge in [0.05, 0.1) is 6.04 Å². The first-order chi connectivity index (χ1) is 10.7. The van der Waals surface area contributed by atoms with Crippen molar-refractivity contribution in [2.24, 2.45) is 0 Å². The fraction of sp³-hybridized carbons (Fsp3) is 0.353. The summed E-state index contributed by atoms with van der Waals surface area (Å²) in [4.78, 5) is 16.5. The quantitative estimate of drug-likeness (QED) is 0.753. The van der Waals surface area contributed by atoms with Crippen molar-refractivity contribution in [3.05, 3.63) is 47.0 Å². The minimum absolute atomic E-state index is 0.230. The number of carbonyl (C=O) groups excluding carboxylic acids is 1. The summed E-state index contributed by atoms with van der Waals surface area (Å²) in [6.45, 7) is 6.84. The van der Waals surface area contributed by atoms with Crippen LogP contribution in [0.25, 0.3) is 0 Å². The van der Waals surface area contributed by atoms with Crippen molar-refractivity contribution in [2.75, 3.05) is 0 Å². The number of aryl methyl sites for hydroxylation is 1. The van der Waals surface area contributed by atoms with Gasteiger partial charge in [-0.1, -0.05) is 17.9 Å². The zero-order valence-corrected chi connectivity index (χ0v) is 13.6. The zero-order chi connectivity index (χ0) is 17.0. The Morgan fingerprint density at radius 2 is 2.17 bits per heavy atom. The first kappa shape index (κ1) is 16.7. The molecule has 2 aromatic rings. The van der Waals surface area contributed by atoms with E-state index >= 15 is 0 Å². The van der Waals surface area contributed by atoms with E-state index in [0.717, 1.165) is 0 Å². The van der Waals surface area contributed by atoms with Gasteiger partial charge in [-0.3, -0.25) is 9.89 Å². The zero-order valence-electron chi connectivity index (χ0n) is 13.6. The number of amides is 1. The van der Waals surface area contributed by atoms with Gasteiger partial charge in [0.1, 0.15) is 11.4 Å². The van der Waals surface area contributed by atoms with Gasteiger partial charge in [0.15, 0.2) is 5.82 Å². The van der Waals surface area contributed by atoms with Gasteiger partial charge in [-0.2, -0.15) is 5.10 Å². The van der Waals surface area contributed by atoms with Crippen LogP contribution in [0.2, 0.25) is 0 Å². The fourth-order valence-electron chi connectivity index (χ4n) is 1.86. The van der Waals surface area contributed by atoms with Gasteiger partial charge in [0.25, 0.3) is 5.91 Å². The standard InChI is InChI=1S/C17H20N4O2/c1-11(15-19-12(2)20-21-15)18-16(22)14-7-5-6-13(10-14)8-9-17(3,4)23/h5-7,10-11,23H,1-4H3,(H,18,22)(H,19,20,21)/t11-/m1/s1. The van der Waals surface area contributed by atoms with E-state index in [4.69, 9.17) is 0 Å². The molecule has 1 atom stereocenters. The number of benzene rings is 1. The first-order valence-corrected chi connectivity index (χ1v) is 7.30. The lowest BCUT2D eigenvalue weighted by molar-refractivity contribution is 0.0938. The van der Waals surface area contributed by atoms with Gasteiger partial charge < -0.3 is 10.4 Å². The van der Waals surface area contributed by atoms with E-state index in [1.807, 2.05) is 6.92 Å². The molecule has 1 aromatic carbocycles. The van der Waals surface area contributed by atoms with Crippen LogP contribution in [-0.2, 0) is 0 Å². The van der Waals surface area contributed by atoms with Crippen molar-refractivity contribution < 1.29 is 9.90 Å². The molecule has 0 aliphatic heterocycles. The molecule has 6 heteroatoms. The summed E-state index contributed by atoms with van der Waals surface area (Å²) in [5, 5.41) is 19.3. The van der Waals surface area contributed by atoms with Crippen LogP contribution in [0.1, 0.15) is 54.4 Å². The third-order valence-corrected chi connectivity index (χ3v) is 2.99. The smallest absolute Gasteiger partial charge is 0.251 e. The Kier molecular flexibility index (Phi) is 4.82. The van der Waals surface area contributed by atoms with Gasteiger partial charge in [-0.05, 0) is 45.9 Å². The van der Waals surface area contributed by atoms with Crippen LogP contribution < -0.4 is 5.32 Å². The maximum atomic E-state index is 12.3. The molecule has 0 unspecified atom stereocenters. The van der Waals surface area contributed by atoms with E-state index in [9.17, 15) is 9.90 Å². The van der Waals surface area contributed by atoms with Gasteiger partial charge in [-0.15, -0.1) is 0 Å². The van der Waals surface area contributed by atoms with E-state index in [0.29, 0.717) is 22.8 Å². The molecule has 0 aliphatic rings. The molecule has 1 heterocycles. The third kappa shape index (κ3) is 4.94. The number of hydrogen-bond acceptors (Lipinski definition) is 4. The summed E-state index contributed by atoms with van der Waals surface area (Å²) in [5.74, 6) is 6.59. The number of H-pyrrole nitrogens is 1. The molecule has 0 spiro atoms. The summed E-state index contributed by atoms with van der Waals surface area (Å²) < 4.78 is 0. The lowest BCUT2D eigenvalue weighted by Crippen LogP contribution is -2.27. The highest BCUT2D eigenvalue weighted by molar-refractivity contribution is 5.94. The highest BCUT2D eigenvalue weighted by Gasteiger charge is 2.15. The Bertz CT molecular complexity index is 763. The maximum Gasteiger partial charge on any atom is 0.251 e. The van der Waals surface area contributed by atoms with Crippen molar-refractivity contribution >= 4 is 5.91 Å².